The van der Waals surface area contributed by atoms with Gasteiger partial charge < -0.3 is 16.4 Å². The normalized spacial score (nSPS) is 9.25. The molecule has 8 heteroatoms. The standard InChI is InChI=1S/C8H9N5O2S/c9-5(16)4-10-7(14)8(15)12-6-2-1-3-11-13-6/h1-3H,4H2,(H2,9,16)(H,10,14)(H,12,13,15). The lowest BCUT2D eigenvalue weighted by atomic mass is 10.4. The number of hydrogen-bond donors (Lipinski definition) is 3. The summed E-state index contributed by atoms with van der Waals surface area (Å²) in [5.74, 6) is -1.49. The van der Waals surface area contributed by atoms with Gasteiger partial charge in [0.25, 0.3) is 0 Å². The third kappa shape index (κ3) is 3.96. The molecule has 84 valence electrons. The highest BCUT2D eigenvalue weighted by Gasteiger charge is 2.13. The van der Waals surface area contributed by atoms with Gasteiger partial charge in [-0.15, -0.1) is 5.10 Å². The molecule has 7 nitrogen and oxygen atoms in total. The number of anilines is 1. The number of nitrogens with zero attached hydrogens (tertiary/aromatic N) is 2. The second-order valence-electron chi connectivity index (χ2n) is 2.71. The van der Waals surface area contributed by atoms with E-state index in [0.717, 1.165) is 0 Å². The number of thiocarbonyl (C=S) groups is 1. The molecule has 0 aliphatic rings. The van der Waals surface area contributed by atoms with Gasteiger partial charge in [-0.05, 0) is 12.1 Å². The molecule has 0 saturated carbocycles. The molecule has 0 aliphatic heterocycles. The van der Waals surface area contributed by atoms with Crippen LogP contribution in [0.15, 0.2) is 18.3 Å². The van der Waals surface area contributed by atoms with Gasteiger partial charge >= 0.3 is 11.8 Å². The first-order valence-corrected chi connectivity index (χ1v) is 4.65. The predicted molar refractivity (Wildman–Crippen MR) is 60.5 cm³/mol. The summed E-state index contributed by atoms with van der Waals surface area (Å²) < 4.78 is 0. The van der Waals surface area contributed by atoms with Gasteiger partial charge in [-0.1, -0.05) is 12.2 Å². The summed E-state index contributed by atoms with van der Waals surface area (Å²) in [6.45, 7) is -0.0257. The SMILES string of the molecule is NC(=S)CNC(=O)C(=O)Nc1cccnn1. The zero-order valence-electron chi connectivity index (χ0n) is 8.14. The first kappa shape index (κ1) is 12.0. The minimum atomic E-state index is -0.850. The Morgan fingerprint density at radius 1 is 1.44 bits per heavy atom. The van der Waals surface area contributed by atoms with E-state index < -0.39 is 11.8 Å². The molecule has 0 saturated heterocycles. The molecule has 0 atom stereocenters. The molecule has 0 spiro atoms. The molecule has 0 aromatic carbocycles. The number of rotatable bonds is 3. The topological polar surface area (TPSA) is 110 Å². The number of carbonyl (C=O) groups is 2. The van der Waals surface area contributed by atoms with Crippen molar-refractivity contribution in [3.63, 3.8) is 0 Å². The summed E-state index contributed by atoms with van der Waals surface area (Å²) in [6, 6.07) is 3.08. The van der Waals surface area contributed by atoms with Crippen molar-refractivity contribution >= 4 is 34.8 Å². The van der Waals surface area contributed by atoms with Crippen molar-refractivity contribution in [1.29, 1.82) is 0 Å². The van der Waals surface area contributed by atoms with Crippen LogP contribution >= 0.6 is 12.2 Å². The van der Waals surface area contributed by atoms with Crippen molar-refractivity contribution < 1.29 is 9.59 Å². The minimum absolute atomic E-state index is 0.0257. The number of amides is 2. The van der Waals surface area contributed by atoms with E-state index in [9.17, 15) is 9.59 Å². The Bertz CT molecular complexity index is 408. The smallest absolute Gasteiger partial charge is 0.314 e. The van der Waals surface area contributed by atoms with Crippen molar-refractivity contribution in [1.82, 2.24) is 15.5 Å². The first-order chi connectivity index (χ1) is 7.59. The second kappa shape index (κ2) is 5.71. The van der Waals surface area contributed by atoms with E-state index >= 15 is 0 Å². The maximum atomic E-state index is 11.2. The summed E-state index contributed by atoms with van der Waals surface area (Å²) in [4.78, 5) is 22.5. The predicted octanol–water partition coefficient (Wildman–Crippen LogP) is -1.18. The summed E-state index contributed by atoms with van der Waals surface area (Å²) in [5, 5.41) is 11.6. The van der Waals surface area contributed by atoms with E-state index in [1.807, 2.05) is 0 Å². The third-order valence-electron chi connectivity index (χ3n) is 1.44. The average molecular weight is 239 g/mol. The fourth-order valence-electron chi connectivity index (χ4n) is 0.789. The van der Waals surface area contributed by atoms with Crippen LogP contribution in [0.2, 0.25) is 0 Å². The number of nitrogens with two attached hydrogens (primary N) is 1. The van der Waals surface area contributed by atoms with Gasteiger partial charge in [-0.2, -0.15) is 5.10 Å². The molecule has 0 bridgehead atoms. The Morgan fingerprint density at radius 2 is 2.19 bits per heavy atom. The number of nitrogens with one attached hydrogen (secondary N) is 2. The summed E-state index contributed by atoms with van der Waals surface area (Å²) in [7, 11) is 0. The molecule has 2 amide bonds. The molecule has 1 heterocycles. The van der Waals surface area contributed by atoms with Gasteiger partial charge in [-0.25, -0.2) is 0 Å². The molecule has 0 radical (unpaired) electrons. The monoisotopic (exact) mass is 239 g/mol. The Morgan fingerprint density at radius 3 is 2.75 bits per heavy atom. The van der Waals surface area contributed by atoms with Crippen LogP contribution in [0, 0.1) is 0 Å². The van der Waals surface area contributed by atoms with Crippen molar-refractivity contribution in [2.24, 2.45) is 5.73 Å². The summed E-state index contributed by atoms with van der Waals surface area (Å²) >= 11 is 4.54. The fourth-order valence-corrected chi connectivity index (χ4v) is 0.861. The number of carbonyl (C=O) groups excluding carboxylic acids is 2. The largest absolute Gasteiger partial charge is 0.392 e. The number of hydrogen-bond acceptors (Lipinski definition) is 5. The number of aromatic nitrogens is 2. The van der Waals surface area contributed by atoms with Crippen LogP contribution in [0.5, 0.6) is 0 Å². The Hall–Kier alpha value is -2.09. The highest BCUT2D eigenvalue weighted by molar-refractivity contribution is 7.80. The second-order valence-corrected chi connectivity index (χ2v) is 3.24. The van der Waals surface area contributed by atoms with E-state index in [4.69, 9.17) is 5.73 Å². The molecule has 0 fully saturated rings. The van der Waals surface area contributed by atoms with Crippen molar-refractivity contribution in [3.8, 4) is 0 Å². The van der Waals surface area contributed by atoms with Crippen molar-refractivity contribution in [2.45, 2.75) is 0 Å². The molecule has 16 heavy (non-hydrogen) atoms. The van der Waals surface area contributed by atoms with E-state index in [1.165, 1.54) is 12.3 Å². The van der Waals surface area contributed by atoms with Crippen molar-refractivity contribution in [3.05, 3.63) is 18.3 Å². The summed E-state index contributed by atoms with van der Waals surface area (Å²) in [6.07, 6.45) is 1.45. The van der Waals surface area contributed by atoms with E-state index in [-0.39, 0.29) is 17.4 Å². The quantitative estimate of drug-likeness (QED) is 0.452. The van der Waals surface area contributed by atoms with Crippen LogP contribution < -0.4 is 16.4 Å². The molecule has 0 unspecified atom stereocenters. The van der Waals surface area contributed by atoms with Gasteiger partial charge in [0.05, 0.1) is 11.5 Å². The Kier molecular flexibility index (Phi) is 4.28. The van der Waals surface area contributed by atoms with Gasteiger partial charge in [0.2, 0.25) is 0 Å². The lowest BCUT2D eigenvalue weighted by Gasteiger charge is -2.03. The lowest BCUT2D eigenvalue weighted by molar-refractivity contribution is -0.136. The third-order valence-corrected chi connectivity index (χ3v) is 1.59. The molecule has 1 aromatic rings. The maximum absolute atomic E-state index is 11.2. The highest BCUT2D eigenvalue weighted by Crippen LogP contribution is 1.96. The van der Waals surface area contributed by atoms with Gasteiger partial charge in [0.15, 0.2) is 5.82 Å². The molecular formula is C8H9N5O2S. The van der Waals surface area contributed by atoms with Crippen LogP contribution in [-0.2, 0) is 9.59 Å². The summed E-state index contributed by atoms with van der Waals surface area (Å²) in [5.41, 5.74) is 5.16. The molecule has 1 aromatic heterocycles. The van der Waals surface area contributed by atoms with Crippen LogP contribution in [0.4, 0.5) is 5.82 Å². The van der Waals surface area contributed by atoms with Crippen LogP contribution in [0.25, 0.3) is 0 Å². The maximum Gasteiger partial charge on any atom is 0.314 e. The van der Waals surface area contributed by atoms with Crippen LogP contribution in [0.1, 0.15) is 0 Å². The first-order valence-electron chi connectivity index (χ1n) is 4.25. The van der Waals surface area contributed by atoms with E-state index in [0.29, 0.717) is 0 Å². The Balaban J connectivity index is 2.46. The molecular weight excluding hydrogens is 230 g/mol. The minimum Gasteiger partial charge on any atom is -0.392 e. The van der Waals surface area contributed by atoms with E-state index in [1.54, 1.807) is 6.07 Å². The van der Waals surface area contributed by atoms with Gasteiger partial charge in [0, 0.05) is 6.20 Å². The van der Waals surface area contributed by atoms with Crippen molar-refractivity contribution in [2.75, 3.05) is 11.9 Å². The van der Waals surface area contributed by atoms with Gasteiger partial charge in [0.1, 0.15) is 0 Å². The highest BCUT2D eigenvalue weighted by atomic mass is 32.1. The lowest BCUT2D eigenvalue weighted by Crippen LogP contribution is -2.39. The zero-order chi connectivity index (χ0) is 12.0. The van der Waals surface area contributed by atoms with E-state index in [2.05, 4.69) is 33.0 Å². The molecule has 0 aliphatic carbocycles. The zero-order valence-corrected chi connectivity index (χ0v) is 8.95. The molecule has 4 N–H and O–H groups in total. The molecule has 1 rings (SSSR count). The average Bonchev–Trinajstić information content (AvgIpc) is 2.27. The Labute approximate surface area is 96.4 Å². The van der Waals surface area contributed by atoms with Crippen LogP contribution in [0.3, 0.4) is 0 Å². The van der Waals surface area contributed by atoms with Crippen LogP contribution in [-0.4, -0.2) is 33.5 Å². The fraction of sp³-hybridized carbons (Fsp3) is 0.125. The van der Waals surface area contributed by atoms with Gasteiger partial charge in [-0.3, -0.25) is 9.59 Å².